The molecule has 3 nitrogen and oxygen atoms in total. The SMILES string of the molecule is O=C1CCCCCC1N(CCO)C1CCCC1. The Bertz CT molecular complexity index is 249. The number of aliphatic hydroxyl groups excluding tert-OH is 1. The molecule has 1 atom stereocenters. The van der Waals surface area contributed by atoms with Crippen molar-refractivity contribution in [1.29, 1.82) is 0 Å². The molecule has 0 heterocycles. The van der Waals surface area contributed by atoms with E-state index >= 15 is 0 Å². The third kappa shape index (κ3) is 3.29. The van der Waals surface area contributed by atoms with Crippen molar-refractivity contribution >= 4 is 5.78 Å². The number of carbonyl (C=O) groups excluding carboxylic acids is 1. The fraction of sp³-hybridized carbons (Fsp3) is 0.929. The van der Waals surface area contributed by atoms with Crippen LogP contribution in [0.1, 0.15) is 57.8 Å². The van der Waals surface area contributed by atoms with E-state index in [-0.39, 0.29) is 12.6 Å². The van der Waals surface area contributed by atoms with Gasteiger partial charge in [0, 0.05) is 19.0 Å². The first kappa shape index (κ1) is 13.0. The Morgan fingerprint density at radius 1 is 1.06 bits per heavy atom. The molecule has 17 heavy (non-hydrogen) atoms. The average Bonchev–Trinajstić information content (AvgIpc) is 2.77. The molecule has 0 radical (unpaired) electrons. The standard InChI is InChI=1S/C14H25NO2/c16-11-10-15(12-6-4-5-7-12)13-8-2-1-3-9-14(13)17/h12-13,16H,1-11H2. The van der Waals surface area contributed by atoms with E-state index in [1.165, 1.54) is 38.5 Å². The first-order chi connectivity index (χ1) is 8.33. The number of carbonyl (C=O) groups is 1. The monoisotopic (exact) mass is 239 g/mol. The lowest BCUT2D eigenvalue weighted by molar-refractivity contribution is -0.125. The molecule has 0 aromatic carbocycles. The molecule has 0 aromatic heterocycles. The van der Waals surface area contributed by atoms with Crippen LogP contribution in [0.5, 0.6) is 0 Å². The van der Waals surface area contributed by atoms with E-state index in [0.717, 1.165) is 19.3 Å². The molecule has 0 saturated heterocycles. The molecule has 2 aliphatic carbocycles. The van der Waals surface area contributed by atoms with Crippen LogP contribution in [0.4, 0.5) is 0 Å². The van der Waals surface area contributed by atoms with Gasteiger partial charge in [-0.05, 0) is 25.7 Å². The zero-order chi connectivity index (χ0) is 12.1. The Hall–Kier alpha value is -0.410. The molecule has 0 aliphatic heterocycles. The van der Waals surface area contributed by atoms with Crippen molar-refractivity contribution in [3.63, 3.8) is 0 Å². The summed E-state index contributed by atoms with van der Waals surface area (Å²) in [6.45, 7) is 0.862. The molecule has 0 bridgehead atoms. The van der Waals surface area contributed by atoms with Crippen LogP contribution < -0.4 is 0 Å². The summed E-state index contributed by atoms with van der Waals surface area (Å²) in [5.41, 5.74) is 0. The van der Waals surface area contributed by atoms with Gasteiger partial charge in [-0.25, -0.2) is 0 Å². The first-order valence-electron chi connectivity index (χ1n) is 7.22. The van der Waals surface area contributed by atoms with Gasteiger partial charge in [-0.2, -0.15) is 0 Å². The van der Waals surface area contributed by atoms with Crippen molar-refractivity contribution in [2.75, 3.05) is 13.2 Å². The van der Waals surface area contributed by atoms with Gasteiger partial charge in [-0.3, -0.25) is 9.69 Å². The Labute approximate surface area is 104 Å². The predicted molar refractivity (Wildman–Crippen MR) is 67.9 cm³/mol. The van der Waals surface area contributed by atoms with Crippen molar-refractivity contribution < 1.29 is 9.90 Å². The maximum Gasteiger partial charge on any atom is 0.149 e. The van der Waals surface area contributed by atoms with E-state index in [2.05, 4.69) is 4.90 Å². The summed E-state index contributed by atoms with van der Waals surface area (Å²) in [7, 11) is 0. The highest BCUT2D eigenvalue weighted by atomic mass is 16.3. The molecule has 2 saturated carbocycles. The molecule has 2 fully saturated rings. The predicted octanol–water partition coefficient (Wildman–Crippen LogP) is 2.13. The molecule has 0 spiro atoms. The minimum Gasteiger partial charge on any atom is -0.395 e. The molecule has 0 aromatic rings. The zero-order valence-corrected chi connectivity index (χ0v) is 10.7. The number of nitrogens with zero attached hydrogens (tertiary/aromatic N) is 1. The summed E-state index contributed by atoms with van der Waals surface area (Å²) in [6.07, 6.45) is 10.2. The first-order valence-corrected chi connectivity index (χ1v) is 7.22. The molecule has 1 unspecified atom stereocenters. The zero-order valence-electron chi connectivity index (χ0n) is 10.7. The summed E-state index contributed by atoms with van der Waals surface area (Å²) in [5, 5.41) is 9.23. The van der Waals surface area contributed by atoms with Gasteiger partial charge in [0.25, 0.3) is 0 Å². The largest absolute Gasteiger partial charge is 0.395 e. The van der Waals surface area contributed by atoms with Crippen molar-refractivity contribution in [1.82, 2.24) is 4.90 Å². The van der Waals surface area contributed by atoms with E-state index in [0.29, 0.717) is 18.4 Å². The van der Waals surface area contributed by atoms with Gasteiger partial charge >= 0.3 is 0 Å². The topological polar surface area (TPSA) is 40.5 Å². The van der Waals surface area contributed by atoms with E-state index in [1.54, 1.807) is 0 Å². The lowest BCUT2D eigenvalue weighted by atomic mass is 10.0. The number of hydrogen-bond donors (Lipinski definition) is 1. The Kier molecular flexibility index (Phi) is 4.99. The molecule has 3 heteroatoms. The quantitative estimate of drug-likeness (QED) is 0.764. The third-order valence-corrected chi connectivity index (χ3v) is 4.32. The fourth-order valence-corrected chi connectivity index (χ4v) is 3.44. The summed E-state index contributed by atoms with van der Waals surface area (Å²) in [5.74, 6) is 0.419. The number of Topliss-reactive ketones (excluding diaryl/α,β-unsaturated/α-hetero) is 1. The van der Waals surface area contributed by atoms with Crippen LogP contribution >= 0.6 is 0 Å². The maximum atomic E-state index is 12.2. The van der Waals surface area contributed by atoms with Gasteiger partial charge in [0.15, 0.2) is 0 Å². The van der Waals surface area contributed by atoms with Gasteiger partial charge in [-0.15, -0.1) is 0 Å². The van der Waals surface area contributed by atoms with E-state index in [9.17, 15) is 9.90 Å². The van der Waals surface area contributed by atoms with Crippen LogP contribution in [0, 0.1) is 0 Å². The van der Waals surface area contributed by atoms with Crippen molar-refractivity contribution in [3.8, 4) is 0 Å². The van der Waals surface area contributed by atoms with E-state index in [4.69, 9.17) is 0 Å². The maximum absolute atomic E-state index is 12.2. The second kappa shape index (κ2) is 6.50. The average molecular weight is 239 g/mol. The second-order valence-corrected chi connectivity index (χ2v) is 5.48. The summed E-state index contributed by atoms with van der Waals surface area (Å²) < 4.78 is 0. The molecular formula is C14H25NO2. The third-order valence-electron chi connectivity index (χ3n) is 4.32. The molecule has 2 aliphatic rings. The number of rotatable bonds is 4. The number of aliphatic hydroxyl groups is 1. The highest BCUT2D eigenvalue weighted by molar-refractivity contribution is 5.84. The molecule has 0 amide bonds. The summed E-state index contributed by atoms with van der Waals surface area (Å²) in [6, 6.07) is 0.655. The lowest BCUT2D eigenvalue weighted by Gasteiger charge is -2.34. The second-order valence-electron chi connectivity index (χ2n) is 5.48. The Morgan fingerprint density at radius 2 is 1.76 bits per heavy atom. The van der Waals surface area contributed by atoms with Crippen LogP contribution in [0.15, 0.2) is 0 Å². The van der Waals surface area contributed by atoms with E-state index < -0.39 is 0 Å². The highest BCUT2D eigenvalue weighted by Gasteiger charge is 2.32. The fourth-order valence-electron chi connectivity index (χ4n) is 3.44. The normalized spacial score (nSPS) is 27.6. The van der Waals surface area contributed by atoms with Gasteiger partial charge in [0.2, 0.25) is 0 Å². The van der Waals surface area contributed by atoms with Gasteiger partial charge < -0.3 is 5.11 Å². The van der Waals surface area contributed by atoms with Crippen LogP contribution in [0.25, 0.3) is 0 Å². The Morgan fingerprint density at radius 3 is 2.47 bits per heavy atom. The lowest BCUT2D eigenvalue weighted by Crippen LogP contribution is -2.47. The number of ketones is 1. The van der Waals surface area contributed by atoms with Crippen molar-refractivity contribution in [3.05, 3.63) is 0 Å². The van der Waals surface area contributed by atoms with Crippen LogP contribution in [-0.4, -0.2) is 41.0 Å². The van der Waals surface area contributed by atoms with Gasteiger partial charge in [-0.1, -0.05) is 25.7 Å². The molecule has 1 N–H and O–H groups in total. The Balaban J connectivity index is 2.03. The summed E-state index contributed by atoms with van der Waals surface area (Å²) >= 11 is 0. The summed E-state index contributed by atoms with van der Waals surface area (Å²) in [4.78, 5) is 14.5. The highest BCUT2D eigenvalue weighted by Crippen LogP contribution is 2.28. The van der Waals surface area contributed by atoms with Crippen molar-refractivity contribution in [2.24, 2.45) is 0 Å². The van der Waals surface area contributed by atoms with Crippen molar-refractivity contribution in [2.45, 2.75) is 69.9 Å². The minimum absolute atomic E-state index is 0.104. The van der Waals surface area contributed by atoms with Gasteiger partial charge in [0.05, 0.1) is 12.6 Å². The van der Waals surface area contributed by atoms with Crippen LogP contribution in [0.2, 0.25) is 0 Å². The minimum atomic E-state index is 0.104. The molecular weight excluding hydrogens is 214 g/mol. The smallest absolute Gasteiger partial charge is 0.149 e. The molecule has 98 valence electrons. The molecule has 2 rings (SSSR count). The van der Waals surface area contributed by atoms with Crippen LogP contribution in [0.3, 0.4) is 0 Å². The number of hydrogen-bond acceptors (Lipinski definition) is 3. The van der Waals surface area contributed by atoms with E-state index in [1.807, 2.05) is 0 Å². The van der Waals surface area contributed by atoms with Crippen LogP contribution in [-0.2, 0) is 4.79 Å². The van der Waals surface area contributed by atoms with Gasteiger partial charge in [0.1, 0.15) is 5.78 Å².